The van der Waals surface area contributed by atoms with Crippen molar-refractivity contribution in [3.8, 4) is 0 Å². The Morgan fingerprint density at radius 2 is 1.96 bits per heavy atom. The lowest BCUT2D eigenvalue weighted by Crippen LogP contribution is -2.35. The van der Waals surface area contributed by atoms with Crippen LogP contribution < -0.4 is 10.2 Å². The minimum Gasteiger partial charge on any atom is -0.356 e. The first-order chi connectivity index (χ1) is 12.8. The van der Waals surface area contributed by atoms with Gasteiger partial charge in [-0.15, -0.1) is 0 Å². The Bertz CT molecular complexity index is 869. The molecule has 3 aromatic heterocycles. The van der Waals surface area contributed by atoms with Crippen molar-refractivity contribution in [1.82, 2.24) is 24.9 Å². The van der Waals surface area contributed by atoms with Crippen LogP contribution in [-0.4, -0.2) is 38.0 Å². The second-order valence-corrected chi connectivity index (χ2v) is 6.43. The van der Waals surface area contributed by atoms with Gasteiger partial charge in [0, 0.05) is 49.4 Å². The minimum absolute atomic E-state index is 0.291. The molecule has 1 N–H and O–H groups in total. The first-order valence-electron chi connectivity index (χ1n) is 8.82. The summed E-state index contributed by atoms with van der Waals surface area (Å²) in [5.74, 6) is 2.81. The highest BCUT2D eigenvalue weighted by Gasteiger charge is 2.26. The normalized spacial score (nSPS) is 17.1. The monoisotopic (exact) mass is 347 g/mol. The fourth-order valence-corrected chi connectivity index (χ4v) is 3.32. The van der Waals surface area contributed by atoms with Crippen LogP contribution in [0.15, 0.2) is 49.2 Å². The van der Waals surface area contributed by atoms with Crippen LogP contribution in [-0.2, 0) is 0 Å². The number of nitrogens with zero attached hydrogens (tertiary/aromatic N) is 6. The summed E-state index contributed by atoms with van der Waals surface area (Å²) in [4.78, 5) is 24.4. The van der Waals surface area contributed by atoms with Crippen LogP contribution in [0, 0.1) is 6.92 Å². The van der Waals surface area contributed by atoms with E-state index in [2.05, 4.69) is 35.1 Å². The van der Waals surface area contributed by atoms with Crippen molar-refractivity contribution in [3.05, 3.63) is 60.6 Å². The van der Waals surface area contributed by atoms with Gasteiger partial charge in [-0.2, -0.15) is 0 Å². The Balaban J connectivity index is 1.57. The molecule has 0 saturated carbocycles. The Morgan fingerprint density at radius 1 is 1.04 bits per heavy atom. The van der Waals surface area contributed by atoms with Crippen LogP contribution in [0.25, 0.3) is 0 Å². The van der Waals surface area contributed by atoms with Gasteiger partial charge >= 0.3 is 0 Å². The Labute approximate surface area is 152 Å². The molecule has 1 saturated heterocycles. The number of aromatic nitrogens is 5. The topological polar surface area (TPSA) is 79.7 Å². The molecular weight excluding hydrogens is 326 g/mol. The standard InChI is InChI=1S/C19H21N7/c1-14-11-17(24-13-23-14)26-10-4-5-15(12-26)18-19(22-9-8-21-18)25-16-6-2-3-7-20-16/h2-3,6-9,11,13,15H,4-5,10,12H2,1H3,(H,20,22,25). The SMILES string of the molecule is Cc1cc(N2CCCC(c3nccnc3Nc3ccccn3)C2)ncn1. The average Bonchev–Trinajstić information content (AvgIpc) is 2.69. The molecule has 0 aromatic carbocycles. The van der Waals surface area contributed by atoms with Crippen LogP contribution in [0.3, 0.4) is 0 Å². The second-order valence-electron chi connectivity index (χ2n) is 6.43. The van der Waals surface area contributed by atoms with Gasteiger partial charge in [-0.3, -0.25) is 4.98 Å². The van der Waals surface area contributed by atoms with E-state index < -0.39 is 0 Å². The summed E-state index contributed by atoms with van der Waals surface area (Å²) >= 11 is 0. The van der Waals surface area contributed by atoms with Crippen molar-refractivity contribution >= 4 is 17.5 Å². The second kappa shape index (κ2) is 7.43. The molecule has 1 atom stereocenters. The van der Waals surface area contributed by atoms with Crippen LogP contribution in [0.5, 0.6) is 0 Å². The lowest BCUT2D eigenvalue weighted by molar-refractivity contribution is 0.498. The molecule has 0 radical (unpaired) electrons. The maximum Gasteiger partial charge on any atom is 0.153 e. The van der Waals surface area contributed by atoms with Crippen molar-refractivity contribution in [3.63, 3.8) is 0 Å². The maximum atomic E-state index is 4.63. The van der Waals surface area contributed by atoms with Gasteiger partial charge in [0.2, 0.25) is 0 Å². The molecule has 1 unspecified atom stereocenters. The smallest absolute Gasteiger partial charge is 0.153 e. The number of pyridine rings is 1. The highest BCUT2D eigenvalue weighted by molar-refractivity contribution is 5.55. The zero-order valence-corrected chi connectivity index (χ0v) is 14.7. The van der Waals surface area contributed by atoms with Crippen molar-refractivity contribution in [2.24, 2.45) is 0 Å². The van der Waals surface area contributed by atoms with E-state index in [0.717, 1.165) is 54.8 Å². The summed E-state index contributed by atoms with van der Waals surface area (Å²) in [6.45, 7) is 3.85. The van der Waals surface area contributed by atoms with Crippen LogP contribution in [0.1, 0.15) is 30.1 Å². The minimum atomic E-state index is 0.291. The molecule has 1 fully saturated rings. The molecule has 4 heterocycles. The summed E-state index contributed by atoms with van der Waals surface area (Å²) in [6, 6.07) is 7.80. The van der Waals surface area contributed by atoms with E-state index in [1.165, 1.54) is 0 Å². The fourth-order valence-electron chi connectivity index (χ4n) is 3.32. The van der Waals surface area contributed by atoms with Gasteiger partial charge in [-0.25, -0.2) is 19.9 Å². The van der Waals surface area contributed by atoms with Crippen LogP contribution in [0.2, 0.25) is 0 Å². The fraction of sp³-hybridized carbons (Fsp3) is 0.316. The predicted molar refractivity (Wildman–Crippen MR) is 101 cm³/mol. The number of hydrogen-bond donors (Lipinski definition) is 1. The van der Waals surface area contributed by atoms with Gasteiger partial charge in [0.05, 0.1) is 5.69 Å². The van der Waals surface area contributed by atoms with E-state index in [1.807, 2.05) is 31.2 Å². The third-order valence-corrected chi connectivity index (χ3v) is 4.56. The van der Waals surface area contributed by atoms with E-state index >= 15 is 0 Å². The zero-order valence-electron chi connectivity index (χ0n) is 14.7. The van der Waals surface area contributed by atoms with Gasteiger partial charge in [0.1, 0.15) is 18.0 Å². The Hall–Kier alpha value is -3.09. The summed E-state index contributed by atoms with van der Waals surface area (Å²) in [5.41, 5.74) is 1.96. The molecule has 1 aliphatic heterocycles. The largest absolute Gasteiger partial charge is 0.356 e. The zero-order chi connectivity index (χ0) is 17.8. The number of aryl methyl sites for hydroxylation is 1. The molecule has 3 aromatic rings. The average molecular weight is 347 g/mol. The molecule has 4 rings (SSSR count). The highest BCUT2D eigenvalue weighted by atomic mass is 15.2. The quantitative estimate of drug-likeness (QED) is 0.777. The van der Waals surface area contributed by atoms with Crippen molar-refractivity contribution in [1.29, 1.82) is 0 Å². The molecule has 1 aliphatic rings. The van der Waals surface area contributed by atoms with Gasteiger partial charge in [-0.1, -0.05) is 6.07 Å². The molecule has 26 heavy (non-hydrogen) atoms. The van der Waals surface area contributed by atoms with Crippen LogP contribution in [0.4, 0.5) is 17.5 Å². The lowest BCUT2D eigenvalue weighted by Gasteiger charge is -2.33. The molecule has 132 valence electrons. The Morgan fingerprint density at radius 3 is 2.81 bits per heavy atom. The number of anilines is 3. The molecule has 7 heteroatoms. The molecule has 0 aliphatic carbocycles. The first-order valence-corrected chi connectivity index (χ1v) is 8.82. The van der Waals surface area contributed by atoms with Gasteiger partial charge in [0.15, 0.2) is 5.82 Å². The van der Waals surface area contributed by atoms with Gasteiger partial charge in [0.25, 0.3) is 0 Å². The number of nitrogens with one attached hydrogen (secondary N) is 1. The molecule has 0 spiro atoms. The van der Waals surface area contributed by atoms with Crippen molar-refractivity contribution in [2.75, 3.05) is 23.3 Å². The highest BCUT2D eigenvalue weighted by Crippen LogP contribution is 2.31. The van der Waals surface area contributed by atoms with Gasteiger partial charge < -0.3 is 10.2 Å². The van der Waals surface area contributed by atoms with Crippen LogP contribution >= 0.6 is 0 Å². The molecule has 0 bridgehead atoms. The summed E-state index contributed by atoms with van der Waals surface area (Å²) in [5, 5.41) is 3.30. The Kier molecular flexibility index (Phi) is 4.68. The molecule has 7 nitrogen and oxygen atoms in total. The number of hydrogen-bond acceptors (Lipinski definition) is 7. The summed E-state index contributed by atoms with van der Waals surface area (Å²) < 4.78 is 0. The van der Waals surface area contributed by atoms with Crippen molar-refractivity contribution < 1.29 is 0 Å². The van der Waals surface area contributed by atoms with E-state index in [1.54, 1.807) is 24.9 Å². The summed E-state index contributed by atoms with van der Waals surface area (Å²) in [7, 11) is 0. The van der Waals surface area contributed by atoms with E-state index in [4.69, 9.17) is 0 Å². The van der Waals surface area contributed by atoms with E-state index in [-0.39, 0.29) is 0 Å². The molecular formula is C19H21N7. The van der Waals surface area contributed by atoms with E-state index in [0.29, 0.717) is 5.92 Å². The lowest BCUT2D eigenvalue weighted by atomic mass is 9.94. The summed E-state index contributed by atoms with van der Waals surface area (Å²) in [6.07, 6.45) is 9.03. The third-order valence-electron chi connectivity index (χ3n) is 4.56. The van der Waals surface area contributed by atoms with Crippen molar-refractivity contribution in [2.45, 2.75) is 25.7 Å². The maximum absolute atomic E-state index is 4.63. The number of piperidine rings is 1. The third kappa shape index (κ3) is 3.61. The van der Waals surface area contributed by atoms with E-state index in [9.17, 15) is 0 Å². The van der Waals surface area contributed by atoms with Gasteiger partial charge in [-0.05, 0) is 31.9 Å². The predicted octanol–water partition coefficient (Wildman–Crippen LogP) is 3.10. The molecule has 0 amide bonds. The first kappa shape index (κ1) is 16.4. The number of rotatable bonds is 4.